The number of benzene rings is 2. The number of rotatable bonds is 3. The Hall–Kier alpha value is -2.55. The van der Waals surface area contributed by atoms with Crippen LogP contribution in [0.25, 0.3) is 11.0 Å². The maximum atomic E-state index is 8.41. The molecule has 0 amide bonds. The molecular formula is C16H14N2O. The lowest BCUT2D eigenvalue weighted by Gasteiger charge is -2.04. The average Bonchev–Trinajstić information content (AvgIpc) is 2.86. The molecule has 0 aliphatic rings. The van der Waals surface area contributed by atoms with Crippen LogP contribution in [0.2, 0.25) is 0 Å². The number of hydrogen-bond donors (Lipinski definition) is 2. The van der Waals surface area contributed by atoms with E-state index in [0.717, 1.165) is 22.1 Å². The Balaban J connectivity index is 2.21. The number of para-hydroxylation sites is 1. The predicted octanol–water partition coefficient (Wildman–Crippen LogP) is 3.89. The van der Waals surface area contributed by atoms with Gasteiger partial charge < -0.3 is 9.73 Å². The number of hydrogen-bond acceptors (Lipinski definition) is 3. The fourth-order valence-corrected chi connectivity index (χ4v) is 2.22. The fourth-order valence-electron chi connectivity index (χ4n) is 2.22. The van der Waals surface area contributed by atoms with Crippen LogP contribution in [0.5, 0.6) is 0 Å². The Bertz CT molecular complexity index is 729. The third-order valence-electron chi connectivity index (χ3n) is 3.14. The highest BCUT2D eigenvalue weighted by Gasteiger charge is 2.17. The average molecular weight is 250 g/mol. The van der Waals surface area contributed by atoms with Crippen LogP contribution in [0.4, 0.5) is 5.88 Å². The number of nitrogens with one attached hydrogen (secondary N) is 2. The molecule has 1 aromatic heterocycles. The van der Waals surface area contributed by atoms with Crippen molar-refractivity contribution in [2.75, 3.05) is 12.4 Å². The Morgan fingerprint density at radius 3 is 2.42 bits per heavy atom. The number of anilines is 1. The lowest BCUT2D eigenvalue weighted by atomic mass is 10.0. The molecule has 0 fully saturated rings. The minimum atomic E-state index is 0.468. The molecule has 0 saturated carbocycles. The van der Waals surface area contributed by atoms with Gasteiger partial charge >= 0.3 is 0 Å². The van der Waals surface area contributed by atoms with Gasteiger partial charge in [-0.15, -0.1) is 0 Å². The van der Waals surface area contributed by atoms with E-state index in [1.54, 1.807) is 7.05 Å². The summed E-state index contributed by atoms with van der Waals surface area (Å²) in [5.74, 6) is 0.634. The molecule has 3 heteroatoms. The van der Waals surface area contributed by atoms with Gasteiger partial charge in [0.2, 0.25) is 5.88 Å². The summed E-state index contributed by atoms with van der Waals surface area (Å²) in [6.07, 6.45) is 0. The summed E-state index contributed by atoms with van der Waals surface area (Å²) in [6.45, 7) is 0. The highest BCUT2D eigenvalue weighted by molar-refractivity contribution is 6.20. The normalized spacial score (nSPS) is 10.6. The van der Waals surface area contributed by atoms with Crippen molar-refractivity contribution in [2.24, 2.45) is 0 Å². The van der Waals surface area contributed by atoms with E-state index in [9.17, 15) is 0 Å². The van der Waals surface area contributed by atoms with Gasteiger partial charge in [0, 0.05) is 18.0 Å². The molecule has 0 radical (unpaired) electrons. The van der Waals surface area contributed by atoms with Crippen molar-refractivity contribution < 1.29 is 4.42 Å². The monoisotopic (exact) mass is 250 g/mol. The van der Waals surface area contributed by atoms with Crippen LogP contribution in [0.1, 0.15) is 11.1 Å². The van der Waals surface area contributed by atoms with Crippen LogP contribution >= 0.6 is 0 Å². The molecule has 3 nitrogen and oxygen atoms in total. The van der Waals surface area contributed by atoms with Crippen molar-refractivity contribution >= 4 is 22.6 Å². The lowest BCUT2D eigenvalue weighted by Crippen LogP contribution is -2.03. The van der Waals surface area contributed by atoms with Crippen LogP contribution in [-0.2, 0) is 0 Å². The van der Waals surface area contributed by atoms with Crippen LogP contribution < -0.4 is 5.32 Å². The van der Waals surface area contributed by atoms with E-state index >= 15 is 0 Å². The molecule has 0 spiro atoms. The van der Waals surface area contributed by atoms with E-state index < -0.39 is 0 Å². The van der Waals surface area contributed by atoms with Gasteiger partial charge in [0.1, 0.15) is 5.58 Å². The first-order valence-corrected chi connectivity index (χ1v) is 6.15. The smallest absolute Gasteiger partial charge is 0.203 e. The lowest BCUT2D eigenvalue weighted by molar-refractivity contribution is 0.631. The molecule has 0 bridgehead atoms. The summed E-state index contributed by atoms with van der Waals surface area (Å²) in [6, 6.07) is 17.5. The highest BCUT2D eigenvalue weighted by Crippen LogP contribution is 2.31. The predicted molar refractivity (Wildman–Crippen MR) is 78.1 cm³/mol. The third kappa shape index (κ3) is 1.89. The van der Waals surface area contributed by atoms with E-state index in [4.69, 9.17) is 9.83 Å². The summed E-state index contributed by atoms with van der Waals surface area (Å²) in [5, 5.41) is 12.4. The van der Waals surface area contributed by atoms with Gasteiger partial charge in [0.15, 0.2) is 0 Å². The van der Waals surface area contributed by atoms with Gasteiger partial charge in [-0.05, 0) is 6.07 Å². The molecule has 0 saturated heterocycles. The van der Waals surface area contributed by atoms with Gasteiger partial charge in [-0.1, -0.05) is 48.5 Å². The minimum Gasteiger partial charge on any atom is -0.440 e. The van der Waals surface area contributed by atoms with Crippen molar-refractivity contribution in [3.05, 3.63) is 65.7 Å². The largest absolute Gasteiger partial charge is 0.440 e. The summed E-state index contributed by atoms with van der Waals surface area (Å²) >= 11 is 0. The van der Waals surface area contributed by atoms with Crippen molar-refractivity contribution in [1.82, 2.24) is 0 Å². The van der Waals surface area contributed by atoms with E-state index in [0.29, 0.717) is 11.6 Å². The van der Waals surface area contributed by atoms with Crippen molar-refractivity contribution in [3.8, 4) is 0 Å². The van der Waals surface area contributed by atoms with E-state index in [1.807, 2.05) is 54.6 Å². The van der Waals surface area contributed by atoms with Crippen molar-refractivity contribution in [1.29, 1.82) is 5.41 Å². The third-order valence-corrected chi connectivity index (χ3v) is 3.14. The van der Waals surface area contributed by atoms with Gasteiger partial charge in [-0.25, -0.2) is 0 Å². The highest BCUT2D eigenvalue weighted by atomic mass is 16.3. The zero-order valence-electron chi connectivity index (χ0n) is 10.6. The molecular weight excluding hydrogens is 236 g/mol. The second-order valence-electron chi connectivity index (χ2n) is 4.29. The molecule has 0 aliphatic heterocycles. The first-order valence-electron chi connectivity index (χ1n) is 6.15. The first-order chi connectivity index (χ1) is 9.31. The molecule has 1 heterocycles. The summed E-state index contributed by atoms with van der Waals surface area (Å²) < 4.78 is 5.74. The van der Waals surface area contributed by atoms with Gasteiger partial charge in [-0.2, -0.15) is 0 Å². The molecule has 0 aliphatic carbocycles. The Morgan fingerprint density at radius 2 is 1.68 bits per heavy atom. The molecule has 3 rings (SSSR count). The molecule has 0 atom stereocenters. The van der Waals surface area contributed by atoms with Crippen LogP contribution in [0.15, 0.2) is 59.0 Å². The maximum Gasteiger partial charge on any atom is 0.203 e. The second kappa shape index (κ2) is 4.61. The Kier molecular flexibility index (Phi) is 2.80. The molecule has 2 N–H and O–H groups in total. The Morgan fingerprint density at radius 1 is 1.00 bits per heavy atom. The summed E-state index contributed by atoms with van der Waals surface area (Å²) in [4.78, 5) is 0. The van der Waals surface area contributed by atoms with Crippen LogP contribution in [-0.4, -0.2) is 12.8 Å². The molecule has 19 heavy (non-hydrogen) atoms. The minimum absolute atomic E-state index is 0.468. The first kappa shape index (κ1) is 11.5. The SMILES string of the molecule is CNc1oc2ccccc2c1C(=N)c1ccccc1. The van der Waals surface area contributed by atoms with E-state index in [1.165, 1.54) is 0 Å². The van der Waals surface area contributed by atoms with Gasteiger partial charge in [0.05, 0.1) is 11.3 Å². The van der Waals surface area contributed by atoms with Crippen LogP contribution in [0, 0.1) is 5.41 Å². The standard InChI is InChI=1S/C16H14N2O/c1-18-16-14(12-9-5-6-10-13(12)19-16)15(17)11-7-3-2-4-8-11/h2-10,17-18H,1H3. The zero-order chi connectivity index (χ0) is 13.2. The second-order valence-corrected chi connectivity index (χ2v) is 4.29. The summed E-state index contributed by atoms with van der Waals surface area (Å²) in [5.41, 5.74) is 2.95. The molecule has 94 valence electrons. The number of furan rings is 1. The van der Waals surface area contributed by atoms with Gasteiger partial charge in [-0.3, -0.25) is 5.41 Å². The quantitative estimate of drug-likeness (QED) is 0.693. The Labute approximate surface area is 111 Å². The number of fused-ring (bicyclic) bond motifs is 1. The van der Waals surface area contributed by atoms with Crippen molar-refractivity contribution in [2.45, 2.75) is 0 Å². The summed E-state index contributed by atoms with van der Waals surface area (Å²) in [7, 11) is 1.81. The zero-order valence-corrected chi connectivity index (χ0v) is 10.6. The van der Waals surface area contributed by atoms with Crippen LogP contribution in [0.3, 0.4) is 0 Å². The topological polar surface area (TPSA) is 49.0 Å². The van der Waals surface area contributed by atoms with Gasteiger partial charge in [0.25, 0.3) is 0 Å². The molecule has 3 aromatic rings. The van der Waals surface area contributed by atoms with E-state index in [-0.39, 0.29) is 0 Å². The van der Waals surface area contributed by atoms with E-state index in [2.05, 4.69) is 5.32 Å². The molecule has 2 aromatic carbocycles. The fraction of sp³-hybridized carbons (Fsp3) is 0.0625. The van der Waals surface area contributed by atoms with Crippen molar-refractivity contribution in [3.63, 3.8) is 0 Å². The maximum absolute atomic E-state index is 8.41. The molecule has 0 unspecified atom stereocenters.